The molecule has 3 rings (SSSR count). The van der Waals surface area contributed by atoms with Crippen LogP contribution in [0.5, 0.6) is 11.5 Å². The van der Waals surface area contributed by atoms with E-state index in [1.54, 1.807) is 12.0 Å². The van der Waals surface area contributed by atoms with Crippen molar-refractivity contribution in [3.05, 3.63) is 23.8 Å². The fourth-order valence-electron chi connectivity index (χ4n) is 2.86. The van der Waals surface area contributed by atoms with Gasteiger partial charge in [0, 0.05) is 25.6 Å². The zero-order valence-corrected chi connectivity index (χ0v) is 12.8. The molecule has 0 saturated carbocycles. The quantitative estimate of drug-likeness (QED) is 0.914. The minimum absolute atomic E-state index is 0.0141. The number of rotatable bonds is 3. The number of nitrogens with zero attached hydrogens (tertiary/aromatic N) is 1. The molecule has 0 aliphatic carbocycles. The average Bonchev–Trinajstić information content (AvgIpc) is 2.59. The molecule has 6 nitrogen and oxygen atoms in total. The predicted molar refractivity (Wildman–Crippen MR) is 81.5 cm³/mol. The number of para-hydroxylation sites is 1. The maximum absolute atomic E-state index is 12.1. The summed E-state index contributed by atoms with van der Waals surface area (Å²) < 4.78 is 16.4. The number of ether oxygens (including phenoxy) is 3. The Balaban J connectivity index is 1.53. The zero-order chi connectivity index (χ0) is 15.4. The van der Waals surface area contributed by atoms with Gasteiger partial charge in [-0.25, -0.2) is 4.79 Å². The van der Waals surface area contributed by atoms with Crippen molar-refractivity contribution in [3.63, 3.8) is 0 Å². The second-order valence-electron chi connectivity index (χ2n) is 5.62. The normalized spacial score (nSPS) is 20.8. The average molecular weight is 306 g/mol. The Morgan fingerprint density at radius 1 is 1.41 bits per heavy atom. The van der Waals surface area contributed by atoms with Gasteiger partial charge >= 0.3 is 6.03 Å². The van der Waals surface area contributed by atoms with Crippen LogP contribution in [0.25, 0.3) is 0 Å². The molecule has 1 saturated heterocycles. The molecule has 0 unspecified atom stereocenters. The summed E-state index contributed by atoms with van der Waals surface area (Å²) in [5.74, 6) is 1.89. The SMILES string of the molecule is COc1cccc2c1OC[C@@H](CNC(=O)N1CCOCC1)C2. The van der Waals surface area contributed by atoms with Gasteiger partial charge < -0.3 is 24.4 Å². The summed E-state index contributed by atoms with van der Waals surface area (Å²) in [5, 5.41) is 3.00. The van der Waals surface area contributed by atoms with Gasteiger partial charge in [-0.15, -0.1) is 0 Å². The third kappa shape index (κ3) is 3.27. The van der Waals surface area contributed by atoms with Crippen molar-refractivity contribution in [3.8, 4) is 11.5 Å². The Bertz CT molecular complexity index is 529. The number of hydrogen-bond acceptors (Lipinski definition) is 4. The number of fused-ring (bicyclic) bond motifs is 1. The van der Waals surface area contributed by atoms with Crippen LogP contribution in [0.3, 0.4) is 0 Å². The van der Waals surface area contributed by atoms with E-state index in [1.807, 2.05) is 18.2 Å². The number of urea groups is 1. The van der Waals surface area contributed by atoms with E-state index in [1.165, 1.54) is 0 Å². The third-order valence-corrected chi connectivity index (χ3v) is 4.09. The van der Waals surface area contributed by atoms with Crippen LogP contribution in [0, 0.1) is 5.92 Å². The molecule has 2 heterocycles. The van der Waals surface area contributed by atoms with Gasteiger partial charge in [-0.3, -0.25) is 0 Å². The molecule has 1 N–H and O–H groups in total. The summed E-state index contributed by atoms with van der Waals surface area (Å²) >= 11 is 0. The van der Waals surface area contributed by atoms with Gasteiger partial charge in [0.05, 0.1) is 26.9 Å². The van der Waals surface area contributed by atoms with Gasteiger partial charge in [-0.2, -0.15) is 0 Å². The lowest BCUT2D eigenvalue weighted by Crippen LogP contribution is -2.48. The fourth-order valence-corrected chi connectivity index (χ4v) is 2.86. The van der Waals surface area contributed by atoms with Crippen molar-refractivity contribution in [1.82, 2.24) is 10.2 Å². The summed E-state index contributed by atoms with van der Waals surface area (Å²) in [6, 6.07) is 5.91. The van der Waals surface area contributed by atoms with E-state index in [4.69, 9.17) is 14.2 Å². The van der Waals surface area contributed by atoms with E-state index < -0.39 is 0 Å². The Morgan fingerprint density at radius 2 is 2.23 bits per heavy atom. The first-order chi connectivity index (χ1) is 10.8. The van der Waals surface area contributed by atoms with E-state index in [0.717, 1.165) is 23.5 Å². The maximum atomic E-state index is 12.1. The van der Waals surface area contributed by atoms with E-state index in [0.29, 0.717) is 39.5 Å². The highest BCUT2D eigenvalue weighted by atomic mass is 16.5. The number of hydrogen-bond donors (Lipinski definition) is 1. The molecule has 1 atom stereocenters. The number of carbonyl (C=O) groups is 1. The molecule has 0 aromatic heterocycles. The second kappa shape index (κ2) is 6.87. The minimum atomic E-state index is -0.0141. The molecule has 0 spiro atoms. The van der Waals surface area contributed by atoms with Crippen LogP contribution in [0.1, 0.15) is 5.56 Å². The standard InChI is InChI=1S/C16H22N2O4/c1-20-14-4-2-3-13-9-12(11-22-15(13)14)10-17-16(19)18-5-7-21-8-6-18/h2-4,12H,5-11H2,1H3,(H,17,19)/t12-/m1/s1. The molecule has 22 heavy (non-hydrogen) atoms. The first-order valence-electron chi connectivity index (χ1n) is 7.67. The van der Waals surface area contributed by atoms with Gasteiger partial charge in [0.25, 0.3) is 0 Å². The van der Waals surface area contributed by atoms with Crippen LogP contribution >= 0.6 is 0 Å². The number of carbonyl (C=O) groups excluding carboxylic acids is 1. The highest BCUT2D eigenvalue weighted by molar-refractivity contribution is 5.74. The van der Waals surface area contributed by atoms with Crippen molar-refractivity contribution in [2.45, 2.75) is 6.42 Å². The molecule has 0 radical (unpaired) electrons. The Labute approximate surface area is 130 Å². The lowest BCUT2D eigenvalue weighted by Gasteiger charge is -2.29. The summed E-state index contributed by atoms with van der Waals surface area (Å²) in [4.78, 5) is 13.9. The first-order valence-corrected chi connectivity index (χ1v) is 7.67. The van der Waals surface area contributed by atoms with Crippen LogP contribution in [0.4, 0.5) is 4.79 Å². The van der Waals surface area contributed by atoms with Gasteiger partial charge in [0.15, 0.2) is 11.5 Å². The molecule has 1 aromatic carbocycles. The van der Waals surface area contributed by atoms with Crippen molar-refractivity contribution >= 4 is 6.03 Å². The topological polar surface area (TPSA) is 60.0 Å². The van der Waals surface area contributed by atoms with E-state index in [-0.39, 0.29) is 11.9 Å². The van der Waals surface area contributed by atoms with Gasteiger partial charge in [-0.05, 0) is 18.1 Å². The third-order valence-electron chi connectivity index (χ3n) is 4.09. The number of amides is 2. The van der Waals surface area contributed by atoms with Gasteiger partial charge in [-0.1, -0.05) is 12.1 Å². The lowest BCUT2D eigenvalue weighted by atomic mass is 9.96. The molecule has 1 fully saturated rings. The van der Waals surface area contributed by atoms with Gasteiger partial charge in [0.1, 0.15) is 0 Å². The Morgan fingerprint density at radius 3 is 3.00 bits per heavy atom. The molecule has 120 valence electrons. The van der Waals surface area contributed by atoms with Crippen molar-refractivity contribution < 1.29 is 19.0 Å². The number of benzene rings is 1. The monoisotopic (exact) mass is 306 g/mol. The molecule has 1 aromatic rings. The largest absolute Gasteiger partial charge is 0.493 e. The van der Waals surface area contributed by atoms with Crippen LogP contribution in [0.15, 0.2) is 18.2 Å². The van der Waals surface area contributed by atoms with E-state index in [9.17, 15) is 4.79 Å². The number of nitrogens with one attached hydrogen (secondary N) is 1. The molecule has 2 aliphatic rings. The van der Waals surface area contributed by atoms with Crippen LogP contribution in [-0.2, 0) is 11.2 Å². The molecular formula is C16H22N2O4. The summed E-state index contributed by atoms with van der Waals surface area (Å²) in [7, 11) is 1.65. The molecule has 2 amide bonds. The van der Waals surface area contributed by atoms with E-state index in [2.05, 4.69) is 5.32 Å². The second-order valence-corrected chi connectivity index (χ2v) is 5.62. The molecule has 6 heteroatoms. The molecule has 2 aliphatic heterocycles. The van der Waals surface area contributed by atoms with E-state index >= 15 is 0 Å². The smallest absolute Gasteiger partial charge is 0.317 e. The molecule has 0 bridgehead atoms. The van der Waals surface area contributed by atoms with Crippen molar-refractivity contribution in [2.75, 3.05) is 46.6 Å². The highest BCUT2D eigenvalue weighted by Gasteiger charge is 2.24. The van der Waals surface area contributed by atoms with Crippen molar-refractivity contribution in [2.24, 2.45) is 5.92 Å². The summed E-state index contributed by atoms with van der Waals surface area (Å²) in [6.07, 6.45) is 0.885. The Kier molecular flexibility index (Phi) is 4.68. The highest BCUT2D eigenvalue weighted by Crippen LogP contribution is 2.35. The lowest BCUT2D eigenvalue weighted by molar-refractivity contribution is 0.0527. The summed E-state index contributed by atoms with van der Waals surface area (Å²) in [6.45, 7) is 3.77. The van der Waals surface area contributed by atoms with Crippen LogP contribution in [0.2, 0.25) is 0 Å². The Hall–Kier alpha value is -1.95. The molecular weight excluding hydrogens is 284 g/mol. The fraction of sp³-hybridized carbons (Fsp3) is 0.562. The number of methoxy groups -OCH3 is 1. The zero-order valence-electron chi connectivity index (χ0n) is 12.8. The van der Waals surface area contributed by atoms with Crippen molar-refractivity contribution in [1.29, 1.82) is 0 Å². The predicted octanol–water partition coefficient (Wildman–Crippen LogP) is 1.29. The minimum Gasteiger partial charge on any atom is -0.493 e. The summed E-state index contributed by atoms with van der Waals surface area (Å²) in [5.41, 5.74) is 1.14. The van der Waals surface area contributed by atoms with Crippen LogP contribution in [-0.4, -0.2) is 57.5 Å². The number of morpholine rings is 1. The van der Waals surface area contributed by atoms with Crippen LogP contribution < -0.4 is 14.8 Å². The maximum Gasteiger partial charge on any atom is 0.317 e. The van der Waals surface area contributed by atoms with Gasteiger partial charge in [0.2, 0.25) is 0 Å². The first kappa shape index (κ1) is 15.0.